The third kappa shape index (κ3) is 5.91. The lowest BCUT2D eigenvalue weighted by atomic mass is 10.0. The highest BCUT2D eigenvalue weighted by Gasteiger charge is 2.09. The van der Waals surface area contributed by atoms with Crippen LogP contribution in [0.4, 0.5) is 0 Å². The van der Waals surface area contributed by atoms with E-state index in [2.05, 4.69) is 69.9 Å². The number of aliphatic imine (C=N–C) groups is 1. The van der Waals surface area contributed by atoms with Crippen LogP contribution in [0.2, 0.25) is 0 Å². The first-order chi connectivity index (χ1) is 9.01. The van der Waals surface area contributed by atoms with E-state index in [-0.39, 0.29) is 0 Å². The van der Waals surface area contributed by atoms with Gasteiger partial charge in [0.2, 0.25) is 0 Å². The highest BCUT2D eigenvalue weighted by Crippen LogP contribution is 2.19. The third-order valence-electron chi connectivity index (χ3n) is 3.35. The topological polar surface area (TPSA) is 15.6 Å². The van der Waals surface area contributed by atoms with E-state index in [4.69, 9.17) is 0 Å². The van der Waals surface area contributed by atoms with Crippen LogP contribution in [-0.4, -0.2) is 31.8 Å². The van der Waals surface area contributed by atoms with E-state index >= 15 is 0 Å². The summed E-state index contributed by atoms with van der Waals surface area (Å²) in [4.78, 5) is 6.58. The summed E-state index contributed by atoms with van der Waals surface area (Å²) in [6.07, 6.45) is 9.68. The van der Waals surface area contributed by atoms with E-state index in [1.165, 1.54) is 16.8 Å². The van der Waals surface area contributed by atoms with Crippen molar-refractivity contribution in [3.8, 4) is 0 Å². The van der Waals surface area contributed by atoms with Gasteiger partial charge in [0, 0.05) is 32.6 Å². The molecule has 0 aliphatic carbocycles. The Morgan fingerprint density at radius 1 is 1.16 bits per heavy atom. The average Bonchev–Trinajstić information content (AvgIpc) is 2.40. The second kappa shape index (κ2) is 9.60. The van der Waals surface area contributed by atoms with Gasteiger partial charge in [0.25, 0.3) is 0 Å². The van der Waals surface area contributed by atoms with Gasteiger partial charge < -0.3 is 4.90 Å². The van der Waals surface area contributed by atoms with Gasteiger partial charge in [-0.25, -0.2) is 0 Å². The Bertz CT molecular complexity index is 382. The molecule has 0 fully saturated rings. The standard InChI is InChI=1S/C17H30N2/c1-8-11-15(9-2)12-13-16(14(4)18-5)17(10-3)19(6)7/h8,11-12H,9-10,13H2,1-7H3/b11-8-,15-12-,17-16-,18-14-. The monoisotopic (exact) mass is 262 g/mol. The minimum atomic E-state index is 0.956. The molecule has 0 spiro atoms. The Hall–Kier alpha value is -1.31. The SMILES string of the molecule is C/C=C\C(=C/CC(/C(C)=N\C)=C(\CC)N(C)C)CC. The summed E-state index contributed by atoms with van der Waals surface area (Å²) in [5, 5.41) is 0. The van der Waals surface area contributed by atoms with Crippen molar-refractivity contribution in [2.24, 2.45) is 4.99 Å². The summed E-state index contributed by atoms with van der Waals surface area (Å²) < 4.78 is 0. The van der Waals surface area contributed by atoms with Crippen LogP contribution in [0.1, 0.15) is 47.0 Å². The Labute approximate surface area is 119 Å². The second-order valence-corrected chi connectivity index (χ2v) is 4.82. The highest BCUT2D eigenvalue weighted by molar-refractivity contribution is 5.99. The Kier molecular flexibility index (Phi) is 8.94. The zero-order valence-electron chi connectivity index (χ0n) is 13.7. The lowest BCUT2D eigenvalue weighted by molar-refractivity contribution is 0.489. The molecule has 0 saturated heterocycles. The average molecular weight is 262 g/mol. The molecule has 0 bridgehead atoms. The number of rotatable bonds is 7. The Morgan fingerprint density at radius 2 is 1.79 bits per heavy atom. The molecule has 2 nitrogen and oxygen atoms in total. The Morgan fingerprint density at radius 3 is 2.16 bits per heavy atom. The Balaban J connectivity index is 5.42. The molecule has 0 saturated carbocycles. The van der Waals surface area contributed by atoms with E-state index in [0.29, 0.717) is 0 Å². The molecule has 0 N–H and O–H groups in total. The lowest BCUT2D eigenvalue weighted by Crippen LogP contribution is -2.16. The van der Waals surface area contributed by atoms with Crippen LogP contribution < -0.4 is 0 Å². The van der Waals surface area contributed by atoms with Gasteiger partial charge >= 0.3 is 0 Å². The molecule has 0 aliphatic heterocycles. The van der Waals surface area contributed by atoms with Gasteiger partial charge in [0.05, 0.1) is 0 Å². The van der Waals surface area contributed by atoms with E-state index in [1.54, 1.807) is 0 Å². The maximum atomic E-state index is 4.37. The molecule has 0 unspecified atom stereocenters. The van der Waals surface area contributed by atoms with E-state index in [0.717, 1.165) is 25.0 Å². The van der Waals surface area contributed by atoms with E-state index < -0.39 is 0 Å². The number of hydrogen-bond acceptors (Lipinski definition) is 2. The number of hydrogen-bond donors (Lipinski definition) is 0. The van der Waals surface area contributed by atoms with E-state index in [9.17, 15) is 0 Å². The van der Waals surface area contributed by atoms with Crippen molar-refractivity contribution in [2.45, 2.75) is 47.0 Å². The van der Waals surface area contributed by atoms with Gasteiger partial charge in [-0.2, -0.15) is 0 Å². The van der Waals surface area contributed by atoms with Gasteiger partial charge in [-0.05, 0) is 38.7 Å². The molecule has 0 atom stereocenters. The van der Waals surface area contributed by atoms with Gasteiger partial charge in [-0.15, -0.1) is 0 Å². The van der Waals surface area contributed by atoms with Crippen LogP contribution in [0, 0.1) is 0 Å². The second-order valence-electron chi connectivity index (χ2n) is 4.82. The van der Waals surface area contributed by atoms with Gasteiger partial charge in [0.15, 0.2) is 0 Å². The first-order valence-corrected chi connectivity index (χ1v) is 7.16. The normalized spacial score (nSPS) is 14.9. The first-order valence-electron chi connectivity index (χ1n) is 7.16. The fraction of sp³-hybridized carbons (Fsp3) is 0.588. The lowest BCUT2D eigenvalue weighted by Gasteiger charge is -2.21. The summed E-state index contributed by atoms with van der Waals surface area (Å²) in [6, 6.07) is 0. The van der Waals surface area contributed by atoms with Crippen LogP contribution in [0.3, 0.4) is 0 Å². The quantitative estimate of drug-likeness (QED) is 0.483. The highest BCUT2D eigenvalue weighted by atomic mass is 15.1. The third-order valence-corrected chi connectivity index (χ3v) is 3.35. The molecule has 0 radical (unpaired) electrons. The largest absolute Gasteiger partial charge is 0.381 e. The van der Waals surface area contributed by atoms with Crippen LogP contribution >= 0.6 is 0 Å². The van der Waals surface area contributed by atoms with Crippen LogP contribution in [0.25, 0.3) is 0 Å². The predicted molar refractivity (Wildman–Crippen MR) is 87.8 cm³/mol. The molecule has 19 heavy (non-hydrogen) atoms. The van der Waals surface area contributed by atoms with Gasteiger partial charge in [0.1, 0.15) is 0 Å². The molecule has 0 amide bonds. The fourth-order valence-electron chi connectivity index (χ4n) is 2.19. The fourth-order valence-corrected chi connectivity index (χ4v) is 2.19. The molecule has 0 aliphatic rings. The van der Waals surface area contributed by atoms with Crippen molar-refractivity contribution in [3.05, 3.63) is 35.1 Å². The van der Waals surface area contributed by atoms with Crippen molar-refractivity contribution in [1.82, 2.24) is 4.90 Å². The molecular formula is C17H30N2. The molecule has 0 heterocycles. The first kappa shape index (κ1) is 17.7. The summed E-state index contributed by atoms with van der Waals surface area (Å²) in [5.41, 5.74) is 5.25. The predicted octanol–water partition coefficient (Wildman–Crippen LogP) is 4.61. The minimum absolute atomic E-state index is 0.956. The summed E-state index contributed by atoms with van der Waals surface area (Å²) in [6.45, 7) is 8.57. The molecule has 0 aromatic heterocycles. The summed E-state index contributed by atoms with van der Waals surface area (Å²) in [5.74, 6) is 0. The van der Waals surface area contributed by atoms with Crippen LogP contribution in [0.5, 0.6) is 0 Å². The van der Waals surface area contributed by atoms with E-state index in [1.807, 2.05) is 7.05 Å². The van der Waals surface area contributed by atoms with Crippen LogP contribution in [0.15, 0.2) is 40.1 Å². The molecule has 2 heteroatoms. The number of allylic oxidation sites excluding steroid dienone is 6. The summed E-state index contributed by atoms with van der Waals surface area (Å²) in [7, 11) is 6.09. The zero-order chi connectivity index (χ0) is 14.8. The maximum absolute atomic E-state index is 4.37. The maximum Gasteiger partial charge on any atom is 0.0366 e. The molecule has 108 valence electrons. The van der Waals surface area contributed by atoms with Gasteiger partial charge in [-0.3, -0.25) is 4.99 Å². The van der Waals surface area contributed by atoms with Crippen LogP contribution in [-0.2, 0) is 0 Å². The van der Waals surface area contributed by atoms with Crippen molar-refractivity contribution in [1.29, 1.82) is 0 Å². The van der Waals surface area contributed by atoms with Crippen molar-refractivity contribution in [3.63, 3.8) is 0 Å². The molecule has 0 rings (SSSR count). The number of nitrogens with zero attached hydrogens (tertiary/aromatic N) is 2. The molecule has 0 aromatic carbocycles. The van der Waals surface area contributed by atoms with Gasteiger partial charge in [-0.1, -0.05) is 37.6 Å². The van der Waals surface area contributed by atoms with Crippen molar-refractivity contribution >= 4 is 5.71 Å². The minimum Gasteiger partial charge on any atom is -0.381 e. The van der Waals surface area contributed by atoms with Crippen molar-refractivity contribution in [2.75, 3.05) is 21.1 Å². The zero-order valence-corrected chi connectivity index (χ0v) is 13.7. The molecular weight excluding hydrogens is 232 g/mol. The molecule has 0 aromatic rings. The van der Waals surface area contributed by atoms with Crippen molar-refractivity contribution < 1.29 is 0 Å². The summed E-state index contributed by atoms with van der Waals surface area (Å²) >= 11 is 0. The smallest absolute Gasteiger partial charge is 0.0366 e.